The van der Waals surface area contributed by atoms with Gasteiger partial charge in [-0.3, -0.25) is 9.59 Å². The lowest BCUT2D eigenvalue weighted by Crippen LogP contribution is -2.02. The first-order valence-electron chi connectivity index (χ1n) is 27.7. The number of hydrogen-bond acceptors (Lipinski definition) is 16. The van der Waals surface area contributed by atoms with Crippen molar-refractivity contribution in [2.45, 2.75) is 71.6 Å². The zero-order valence-corrected chi connectivity index (χ0v) is 50.5. The lowest BCUT2D eigenvalue weighted by atomic mass is 10.0. The Bertz CT molecular complexity index is 4220. The summed E-state index contributed by atoms with van der Waals surface area (Å²) in [4.78, 5) is 95.9. The zero-order chi connectivity index (χ0) is 61.5. The number of oxime groups is 4. The van der Waals surface area contributed by atoms with Gasteiger partial charge in [0, 0.05) is 92.7 Å². The van der Waals surface area contributed by atoms with Gasteiger partial charge in [0.05, 0.1) is 44.9 Å². The Labute approximate surface area is 509 Å². The number of aromatic nitrogens is 2. The van der Waals surface area contributed by atoms with Crippen LogP contribution in [0.15, 0.2) is 200 Å². The van der Waals surface area contributed by atoms with Crippen molar-refractivity contribution in [3.63, 3.8) is 0 Å². The van der Waals surface area contributed by atoms with Crippen LogP contribution in [-0.2, 0) is 38.5 Å². The van der Waals surface area contributed by atoms with E-state index < -0.39 is 23.9 Å². The summed E-state index contributed by atoms with van der Waals surface area (Å²) in [5, 5.41) is 19.3. The molecule has 0 radical (unpaired) electrons. The van der Waals surface area contributed by atoms with Crippen molar-refractivity contribution in [1.29, 1.82) is 0 Å². The molecule has 0 atom stereocenters. The summed E-state index contributed by atoms with van der Waals surface area (Å²) < 4.78 is 4.23. The summed E-state index contributed by atoms with van der Waals surface area (Å²) in [6, 6.07) is 54.0. The molecule has 87 heavy (non-hydrogen) atoms. The Morgan fingerprint density at radius 3 is 0.874 bits per heavy atom. The lowest BCUT2D eigenvalue weighted by Gasteiger charge is -2.10. The number of nitrogens with zero attached hydrogens (tertiary/aromatic N) is 6. The van der Waals surface area contributed by atoms with Gasteiger partial charge in [-0.1, -0.05) is 57.0 Å². The van der Waals surface area contributed by atoms with Gasteiger partial charge in [-0.15, -0.1) is 23.5 Å². The van der Waals surface area contributed by atoms with Gasteiger partial charge < -0.3 is 28.5 Å². The van der Waals surface area contributed by atoms with Crippen LogP contribution in [0.1, 0.15) is 116 Å². The van der Waals surface area contributed by atoms with Crippen LogP contribution in [0.25, 0.3) is 55.0 Å². The molecule has 0 spiro atoms. The van der Waals surface area contributed by atoms with Crippen LogP contribution in [0.5, 0.6) is 0 Å². The molecule has 2 heterocycles. The highest BCUT2D eigenvalue weighted by Crippen LogP contribution is 2.37. The number of rotatable bonds is 20. The molecule has 0 N–H and O–H groups in total. The maximum absolute atomic E-state index is 14.2. The third kappa shape index (κ3) is 13.7. The predicted octanol–water partition coefficient (Wildman–Crippen LogP) is 14.8. The molecule has 10 rings (SSSR count). The van der Waals surface area contributed by atoms with Crippen molar-refractivity contribution in [1.82, 2.24) is 9.13 Å². The fourth-order valence-electron chi connectivity index (χ4n) is 9.96. The Morgan fingerprint density at radius 1 is 0.322 bits per heavy atom. The van der Waals surface area contributed by atoms with Crippen LogP contribution in [0.3, 0.4) is 0 Å². The normalized spacial score (nSPS) is 12.2. The molecule has 0 saturated carbocycles. The molecule has 0 bridgehead atoms. The fraction of sp³-hybridized carbons (Fsp3) is 0.159. The Morgan fingerprint density at radius 2 is 0.575 bits per heavy atom. The zero-order valence-electron chi connectivity index (χ0n) is 48.9. The minimum Gasteiger partial charge on any atom is -0.318 e. The Balaban J connectivity index is 0.795. The number of fused-ring (bicyclic) bond motifs is 6. The SMILES string of the molecule is CC(=O)ON=C(C)c1ccc2c(c1)c1cc(C(=O)c3ccc(SCCCSc4ccc(C(=O)c5ccc6c(c5)c5cc(C(C)=NOC(C)=O)ccc5n6-c5ccc(/C(C)=N/OC(C)=O)cc5)cc4)cc3)ccc1n2-c1ccc(/C(C)=N/OC(C)=O)cc1. The first kappa shape index (κ1) is 60.1. The third-order valence-corrected chi connectivity index (χ3v) is 16.5. The van der Waals surface area contributed by atoms with E-state index in [0.717, 1.165) is 105 Å². The van der Waals surface area contributed by atoms with Crippen LogP contribution >= 0.6 is 23.5 Å². The van der Waals surface area contributed by atoms with E-state index in [1.54, 1.807) is 51.2 Å². The van der Waals surface area contributed by atoms with E-state index in [-0.39, 0.29) is 11.6 Å². The minimum atomic E-state index is -0.524. The fourth-order valence-corrected chi connectivity index (χ4v) is 11.8. The Hall–Kier alpha value is -10.0. The molecule has 10 aromatic rings. The van der Waals surface area contributed by atoms with Crippen molar-refractivity contribution in [3.8, 4) is 11.4 Å². The van der Waals surface area contributed by atoms with E-state index in [2.05, 4.69) is 29.8 Å². The molecule has 0 aliphatic rings. The number of ketones is 2. The molecule has 0 aliphatic carbocycles. The first-order chi connectivity index (χ1) is 41.9. The summed E-state index contributed by atoms with van der Waals surface area (Å²) in [5.41, 5.74) is 12.6. The lowest BCUT2D eigenvalue weighted by molar-refractivity contribution is -0.141. The van der Waals surface area contributed by atoms with Gasteiger partial charge in [0.15, 0.2) is 11.6 Å². The van der Waals surface area contributed by atoms with E-state index >= 15 is 0 Å². The molecular formula is C69H58N6O10S2. The number of thioether (sulfide) groups is 2. The van der Waals surface area contributed by atoms with E-state index in [1.165, 1.54) is 27.7 Å². The van der Waals surface area contributed by atoms with E-state index in [0.29, 0.717) is 45.1 Å². The smallest absolute Gasteiger partial charge is 0.318 e. The largest absolute Gasteiger partial charge is 0.331 e. The highest BCUT2D eigenvalue weighted by atomic mass is 32.2. The summed E-state index contributed by atoms with van der Waals surface area (Å²) in [6.45, 7) is 12.2. The molecule has 0 amide bonds. The monoisotopic (exact) mass is 1190 g/mol. The highest BCUT2D eigenvalue weighted by molar-refractivity contribution is 8.00. The number of hydrogen-bond donors (Lipinski definition) is 0. The van der Waals surface area contributed by atoms with Crippen LogP contribution in [0.4, 0.5) is 0 Å². The number of carbonyl (C=O) groups excluding carboxylic acids is 6. The van der Waals surface area contributed by atoms with Crippen LogP contribution in [0.2, 0.25) is 0 Å². The van der Waals surface area contributed by atoms with Crippen molar-refractivity contribution in [2.75, 3.05) is 11.5 Å². The van der Waals surface area contributed by atoms with Gasteiger partial charge in [-0.2, -0.15) is 0 Å². The number of carbonyl (C=O) groups is 6. The summed E-state index contributed by atoms with van der Waals surface area (Å²) in [5.74, 6) is -0.556. The molecule has 18 heteroatoms. The Kier molecular flexibility index (Phi) is 18.3. The standard InChI is InChI=1S/C69H58N6O10S2/c1-40(70-82-44(5)76)48-10-22-56(23-11-48)74-64-30-18-52(42(3)72-84-46(7)78)36-60(64)62-38-54(20-32-66(62)74)68(80)50-14-26-58(27-15-50)86-34-9-35-87-59-28-16-51(17-29-59)69(81)55-21-33-67-63(39-55)61-37-53(43(4)73-85-47(8)79)19-31-65(61)75(67)57-24-12-49(13-25-57)41(2)71-83-45(6)77/h10-33,36-39H,9,34-35H2,1-8H3/b70-40+,71-41+,72-42?,73-43?. The van der Waals surface area contributed by atoms with Crippen LogP contribution in [-0.4, -0.2) is 78.9 Å². The second kappa shape index (κ2) is 26.5. The second-order valence-corrected chi connectivity index (χ2v) is 22.8. The summed E-state index contributed by atoms with van der Waals surface area (Å²) in [7, 11) is 0. The molecule has 0 fully saturated rings. The highest BCUT2D eigenvalue weighted by Gasteiger charge is 2.21. The maximum atomic E-state index is 14.2. The molecule has 2 aromatic heterocycles. The van der Waals surface area contributed by atoms with E-state index in [4.69, 9.17) is 19.4 Å². The molecule has 16 nitrogen and oxygen atoms in total. The summed E-state index contributed by atoms with van der Waals surface area (Å²) >= 11 is 3.45. The molecule has 0 unspecified atom stereocenters. The molecule has 0 saturated heterocycles. The van der Waals surface area contributed by atoms with Gasteiger partial charge >= 0.3 is 23.9 Å². The van der Waals surface area contributed by atoms with Gasteiger partial charge in [0.2, 0.25) is 0 Å². The quantitative estimate of drug-likeness (QED) is 0.0175. The molecular weight excluding hydrogens is 1140 g/mol. The van der Waals surface area contributed by atoms with Gasteiger partial charge in [0.1, 0.15) is 0 Å². The van der Waals surface area contributed by atoms with Crippen molar-refractivity contribution in [2.24, 2.45) is 20.6 Å². The van der Waals surface area contributed by atoms with E-state index in [9.17, 15) is 28.8 Å². The average molecular weight is 1200 g/mol. The molecule has 0 aliphatic heterocycles. The van der Waals surface area contributed by atoms with Crippen molar-refractivity contribution >= 4 is 125 Å². The van der Waals surface area contributed by atoms with Gasteiger partial charge in [-0.25, -0.2) is 19.2 Å². The maximum Gasteiger partial charge on any atom is 0.331 e. The van der Waals surface area contributed by atoms with Crippen LogP contribution < -0.4 is 0 Å². The predicted molar refractivity (Wildman–Crippen MR) is 343 cm³/mol. The first-order valence-corrected chi connectivity index (χ1v) is 29.7. The third-order valence-electron chi connectivity index (χ3n) is 14.3. The number of benzene rings is 8. The van der Waals surface area contributed by atoms with Crippen molar-refractivity contribution in [3.05, 3.63) is 214 Å². The van der Waals surface area contributed by atoms with Gasteiger partial charge in [-0.05, 0) is 201 Å². The molecule has 8 aromatic carbocycles. The molecule has 436 valence electrons. The topological polar surface area (TPSA) is 199 Å². The average Bonchev–Trinajstić information content (AvgIpc) is 1.73. The minimum absolute atomic E-state index is 0.116. The van der Waals surface area contributed by atoms with Crippen LogP contribution in [0, 0.1) is 0 Å². The van der Waals surface area contributed by atoms with E-state index in [1.807, 2.05) is 170 Å². The van der Waals surface area contributed by atoms with Crippen molar-refractivity contribution < 1.29 is 48.1 Å². The van der Waals surface area contributed by atoms with Gasteiger partial charge in [0.25, 0.3) is 0 Å². The summed E-state index contributed by atoms with van der Waals surface area (Å²) in [6.07, 6.45) is 0.924. The second-order valence-electron chi connectivity index (χ2n) is 20.5.